The van der Waals surface area contributed by atoms with Crippen LogP contribution in [0.3, 0.4) is 0 Å². The maximum atomic E-state index is 13.2. The number of nitrogens with one attached hydrogen (secondary N) is 3. The van der Waals surface area contributed by atoms with Crippen LogP contribution in [0.15, 0.2) is 12.5 Å². The van der Waals surface area contributed by atoms with Gasteiger partial charge < -0.3 is 41.6 Å². The average Bonchev–Trinajstić information content (AvgIpc) is 3.41. The normalized spacial score (nSPS) is 19.9. The van der Waals surface area contributed by atoms with Crippen LogP contribution >= 0.6 is 0 Å². The lowest BCUT2D eigenvalue weighted by Crippen LogP contribution is -2.58. The van der Waals surface area contributed by atoms with Crippen molar-refractivity contribution in [3.8, 4) is 0 Å². The van der Waals surface area contributed by atoms with Gasteiger partial charge in [-0.2, -0.15) is 0 Å². The number of likely N-dealkylation sites (tertiary alicyclic amines) is 1. The highest BCUT2D eigenvalue weighted by molar-refractivity contribution is 5.94. The van der Waals surface area contributed by atoms with E-state index in [1.165, 1.54) is 24.3 Å². The van der Waals surface area contributed by atoms with E-state index >= 15 is 0 Å². The monoisotopic (exact) mass is 440 g/mol. The third-order valence-electron chi connectivity index (χ3n) is 5.01. The number of aliphatic hydroxyl groups excluding tert-OH is 2. The number of carboxylic acids is 1. The molecular weight excluding hydrogens is 412 g/mol. The molecule has 1 fully saturated rings. The lowest BCUT2D eigenvalue weighted by molar-refractivity contribution is -0.147. The summed E-state index contributed by atoms with van der Waals surface area (Å²) >= 11 is 0. The Balaban J connectivity index is 2.18. The SMILES string of the molecule is CC(O)C(NC(=O)C1CCCN1C(=O)C(Cc1cnc[nH]1)NC(=O)C(N)CO)C(=O)O. The minimum absolute atomic E-state index is 0.0407. The third kappa shape index (κ3) is 6.23. The summed E-state index contributed by atoms with van der Waals surface area (Å²) in [4.78, 5) is 57.3. The number of nitrogens with zero attached hydrogens (tertiary/aromatic N) is 2. The Morgan fingerprint density at radius 1 is 1.35 bits per heavy atom. The fraction of sp³-hybridized carbons (Fsp3) is 0.611. The molecule has 13 heteroatoms. The second-order valence-electron chi connectivity index (χ2n) is 7.39. The van der Waals surface area contributed by atoms with Crippen LogP contribution in [0.4, 0.5) is 0 Å². The van der Waals surface area contributed by atoms with E-state index < -0.39 is 60.6 Å². The summed E-state index contributed by atoms with van der Waals surface area (Å²) in [6.45, 7) is 0.850. The molecule has 0 spiro atoms. The number of imidazole rings is 1. The van der Waals surface area contributed by atoms with Crippen molar-refractivity contribution in [2.45, 2.75) is 56.5 Å². The number of carbonyl (C=O) groups is 4. The number of rotatable bonds is 10. The number of amides is 3. The minimum Gasteiger partial charge on any atom is -0.480 e. The van der Waals surface area contributed by atoms with Gasteiger partial charge in [0.1, 0.15) is 18.1 Å². The van der Waals surface area contributed by atoms with Crippen molar-refractivity contribution in [1.29, 1.82) is 0 Å². The minimum atomic E-state index is -1.52. The highest BCUT2D eigenvalue weighted by atomic mass is 16.4. The summed E-state index contributed by atoms with van der Waals surface area (Å²) in [7, 11) is 0. The zero-order chi connectivity index (χ0) is 23.1. The van der Waals surface area contributed by atoms with Gasteiger partial charge in [-0.3, -0.25) is 14.4 Å². The standard InChI is InChI=1S/C18H28N6O7/c1-9(26)14(18(30)31)23-16(28)13-3-2-4-24(13)17(29)12(5-10-6-20-8-21-10)22-15(27)11(19)7-25/h6,8-9,11-14,25-26H,2-5,7,19H2,1H3,(H,20,21)(H,22,27)(H,23,28)(H,30,31). The molecule has 0 radical (unpaired) electrons. The van der Waals surface area contributed by atoms with E-state index in [1.807, 2.05) is 0 Å². The van der Waals surface area contributed by atoms with Crippen LogP contribution in [0.25, 0.3) is 0 Å². The number of aliphatic carboxylic acids is 1. The second kappa shape index (κ2) is 10.8. The Hall–Kier alpha value is -3.03. The molecular formula is C18H28N6O7. The van der Waals surface area contributed by atoms with Crippen LogP contribution < -0.4 is 16.4 Å². The molecule has 3 amide bonds. The molecule has 1 aliphatic heterocycles. The molecule has 5 unspecified atom stereocenters. The molecule has 1 aliphatic rings. The van der Waals surface area contributed by atoms with Crippen molar-refractivity contribution in [3.63, 3.8) is 0 Å². The van der Waals surface area contributed by atoms with Gasteiger partial charge in [-0.05, 0) is 19.8 Å². The van der Waals surface area contributed by atoms with Crippen molar-refractivity contribution >= 4 is 23.7 Å². The first-order chi connectivity index (χ1) is 14.6. The number of aromatic amines is 1. The number of H-pyrrole nitrogens is 1. The Morgan fingerprint density at radius 3 is 2.61 bits per heavy atom. The van der Waals surface area contributed by atoms with Crippen LogP contribution in [-0.2, 0) is 25.6 Å². The van der Waals surface area contributed by atoms with Gasteiger partial charge in [0.15, 0.2) is 6.04 Å². The molecule has 8 N–H and O–H groups in total. The first-order valence-corrected chi connectivity index (χ1v) is 9.81. The fourth-order valence-electron chi connectivity index (χ4n) is 3.32. The summed E-state index contributed by atoms with van der Waals surface area (Å²) in [5.41, 5.74) is 6.08. The number of aliphatic hydroxyl groups is 2. The number of aromatic nitrogens is 2. The number of hydrogen-bond acceptors (Lipinski definition) is 8. The van der Waals surface area contributed by atoms with Crippen molar-refractivity contribution in [2.75, 3.05) is 13.2 Å². The first-order valence-electron chi connectivity index (χ1n) is 9.81. The summed E-state index contributed by atoms with van der Waals surface area (Å²) in [5, 5.41) is 32.6. The molecule has 13 nitrogen and oxygen atoms in total. The van der Waals surface area contributed by atoms with Crippen molar-refractivity contribution in [1.82, 2.24) is 25.5 Å². The highest BCUT2D eigenvalue weighted by Gasteiger charge is 2.39. The van der Waals surface area contributed by atoms with E-state index in [2.05, 4.69) is 20.6 Å². The van der Waals surface area contributed by atoms with E-state index in [9.17, 15) is 29.4 Å². The third-order valence-corrected chi connectivity index (χ3v) is 5.01. The molecule has 2 heterocycles. The summed E-state index contributed by atoms with van der Waals surface area (Å²) in [5.74, 6) is -3.41. The quantitative estimate of drug-likeness (QED) is 0.194. The average molecular weight is 440 g/mol. The largest absolute Gasteiger partial charge is 0.480 e. The summed E-state index contributed by atoms with van der Waals surface area (Å²) in [6, 6.07) is -4.79. The van der Waals surface area contributed by atoms with E-state index in [0.717, 1.165) is 0 Å². The predicted molar refractivity (Wildman–Crippen MR) is 105 cm³/mol. The van der Waals surface area contributed by atoms with Crippen LogP contribution in [0, 0.1) is 0 Å². The molecule has 0 saturated carbocycles. The van der Waals surface area contributed by atoms with Crippen LogP contribution in [-0.4, -0.2) is 97.3 Å². The van der Waals surface area contributed by atoms with Crippen LogP contribution in [0.2, 0.25) is 0 Å². The van der Waals surface area contributed by atoms with Crippen LogP contribution in [0.1, 0.15) is 25.5 Å². The fourth-order valence-corrected chi connectivity index (χ4v) is 3.32. The van der Waals surface area contributed by atoms with E-state index in [1.54, 1.807) is 0 Å². The van der Waals surface area contributed by atoms with Gasteiger partial charge in [0.25, 0.3) is 0 Å². The van der Waals surface area contributed by atoms with Gasteiger partial charge in [0, 0.05) is 24.9 Å². The molecule has 31 heavy (non-hydrogen) atoms. The molecule has 0 bridgehead atoms. The first kappa shape index (κ1) is 24.2. The van der Waals surface area contributed by atoms with Gasteiger partial charge >= 0.3 is 5.97 Å². The van der Waals surface area contributed by atoms with E-state index in [0.29, 0.717) is 18.5 Å². The highest BCUT2D eigenvalue weighted by Crippen LogP contribution is 2.20. The van der Waals surface area contributed by atoms with Crippen molar-refractivity contribution in [2.24, 2.45) is 5.73 Å². The number of hydrogen-bond donors (Lipinski definition) is 7. The molecule has 2 rings (SSSR count). The second-order valence-corrected chi connectivity index (χ2v) is 7.39. The topological polar surface area (TPSA) is 211 Å². The van der Waals surface area contributed by atoms with E-state index in [4.69, 9.17) is 10.8 Å². The molecule has 0 aliphatic carbocycles. The maximum Gasteiger partial charge on any atom is 0.328 e. The van der Waals surface area contributed by atoms with Crippen molar-refractivity contribution < 1.29 is 34.5 Å². The van der Waals surface area contributed by atoms with Gasteiger partial charge in [-0.15, -0.1) is 0 Å². The summed E-state index contributed by atoms with van der Waals surface area (Å²) in [6.07, 6.45) is 2.39. The van der Waals surface area contributed by atoms with E-state index in [-0.39, 0.29) is 13.0 Å². The van der Waals surface area contributed by atoms with Gasteiger partial charge in [-0.25, -0.2) is 9.78 Å². The summed E-state index contributed by atoms with van der Waals surface area (Å²) < 4.78 is 0. The van der Waals surface area contributed by atoms with Crippen molar-refractivity contribution in [3.05, 3.63) is 18.2 Å². The molecule has 1 saturated heterocycles. The number of carbonyl (C=O) groups excluding carboxylic acids is 3. The zero-order valence-electron chi connectivity index (χ0n) is 17.0. The smallest absolute Gasteiger partial charge is 0.328 e. The lowest BCUT2D eigenvalue weighted by Gasteiger charge is -2.30. The zero-order valence-corrected chi connectivity index (χ0v) is 17.0. The Labute approximate surface area is 178 Å². The van der Waals surface area contributed by atoms with Gasteiger partial charge in [-0.1, -0.05) is 0 Å². The van der Waals surface area contributed by atoms with Crippen LogP contribution in [0.5, 0.6) is 0 Å². The Bertz CT molecular complexity index is 784. The Morgan fingerprint density at radius 2 is 2.06 bits per heavy atom. The molecule has 172 valence electrons. The number of carboxylic acid groups (broad SMARTS) is 1. The predicted octanol–water partition coefficient (Wildman–Crippen LogP) is -3.30. The lowest BCUT2D eigenvalue weighted by atomic mass is 10.1. The maximum absolute atomic E-state index is 13.2. The molecule has 1 aromatic heterocycles. The number of nitrogens with two attached hydrogens (primary N) is 1. The molecule has 0 aromatic carbocycles. The Kier molecular flexibility index (Phi) is 8.47. The van der Waals surface area contributed by atoms with Gasteiger partial charge in [0.2, 0.25) is 17.7 Å². The molecule has 1 aromatic rings. The molecule has 5 atom stereocenters. The van der Waals surface area contributed by atoms with Gasteiger partial charge in [0.05, 0.1) is 19.0 Å².